The van der Waals surface area contributed by atoms with Crippen molar-refractivity contribution in [2.24, 2.45) is 0 Å². The van der Waals surface area contributed by atoms with Gasteiger partial charge in [0.05, 0.1) is 37.6 Å². The normalized spacial score (nSPS) is 12.7. The van der Waals surface area contributed by atoms with Gasteiger partial charge in [-0.1, -0.05) is 97.1 Å². The molecule has 70 heavy (non-hydrogen) atoms. The first-order chi connectivity index (χ1) is 34.2. The Morgan fingerprint density at radius 1 is 0.371 bits per heavy atom. The van der Waals surface area contributed by atoms with Gasteiger partial charge in [-0.05, 0) is 123 Å². The van der Waals surface area contributed by atoms with Gasteiger partial charge in [0.2, 0.25) is 0 Å². The van der Waals surface area contributed by atoms with Gasteiger partial charge in [0, 0.05) is 22.3 Å². The van der Waals surface area contributed by atoms with Gasteiger partial charge < -0.3 is 28.4 Å². The fourth-order valence-electron chi connectivity index (χ4n) is 7.95. The lowest BCUT2D eigenvalue weighted by molar-refractivity contribution is 0.0329. The van der Waals surface area contributed by atoms with Crippen LogP contribution in [0.25, 0.3) is 23.3 Å². The first-order valence-electron chi connectivity index (χ1n) is 23.4. The molecule has 2 heterocycles. The Hall–Kier alpha value is -8.38. The molecule has 0 unspecified atom stereocenters. The highest BCUT2D eigenvalue weighted by Crippen LogP contribution is 2.45. The summed E-state index contributed by atoms with van der Waals surface area (Å²) in [5, 5.41) is 0. The zero-order valence-electron chi connectivity index (χ0n) is 38.4. The number of benzene rings is 6. The van der Waals surface area contributed by atoms with Gasteiger partial charge in [-0.15, -0.1) is 0 Å². The maximum Gasteiger partial charge on any atom is 0.350 e. The number of ether oxygens (including phenoxy) is 6. The van der Waals surface area contributed by atoms with Crippen LogP contribution in [0.2, 0.25) is 0 Å². The van der Waals surface area contributed by atoms with E-state index in [4.69, 9.17) is 28.4 Å². The molecule has 0 fully saturated rings. The van der Waals surface area contributed by atoms with Crippen LogP contribution in [0.15, 0.2) is 146 Å². The van der Waals surface area contributed by atoms with Crippen LogP contribution in [0, 0.1) is 0 Å². The van der Waals surface area contributed by atoms with Gasteiger partial charge in [0.25, 0.3) is 0 Å². The third kappa shape index (κ3) is 12.2. The molecule has 12 heteroatoms. The van der Waals surface area contributed by atoms with Crippen molar-refractivity contribution in [1.82, 2.24) is 0 Å². The van der Waals surface area contributed by atoms with Crippen molar-refractivity contribution in [3.63, 3.8) is 0 Å². The Bertz CT molecular complexity index is 2720. The number of carbonyl (C=O) groups excluding carboxylic acids is 6. The molecule has 2 aliphatic rings. The first kappa shape index (κ1) is 48.1. The Balaban J connectivity index is 0.828. The summed E-state index contributed by atoms with van der Waals surface area (Å²) in [7, 11) is 0. The van der Waals surface area contributed by atoms with E-state index in [0.717, 1.165) is 49.7 Å². The second kappa shape index (κ2) is 23.6. The fourth-order valence-corrected chi connectivity index (χ4v) is 7.95. The highest BCUT2D eigenvalue weighted by atomic mass is 16.6. The van der Waals surface area contributed by atoms with E-state index in [-0.39, 0.29) is 58.5 Å². The molecule has 0 saturated carbocycles. The summed E-state index contributed by atoms with van der Waals surface area (Å²) in [6, 6.07) is 39.0. The van der Waals surface area contributed by atoms with Gasteiger partial charge in [-0.25, -0.2) is 19.2 Å². The van der Waals surface area contributed by atoms with Gasteiger partial charge in [-0.2, -0.15) is 0 Å². The lowest BCUT2D eigenvalue weighted by Crippen LogP contribution is -2.24. The summed E-state index contributed by atoms with van der Waals surface area (Å²) in [5.41, 5.74) is 2.61. The highest BCUT2D eigenvalue weighted by Gasteiger charge is 2.38. The van der Waals surface area contributed by atoms with Crippen molar-refractivity contribution in [3.8, 4) is 34.1 Å². The molecule has 0 aliphatic carbocycles. The predicted octanol–water partition coefficient (Wildman–Crippen LogP) is 11.8. The molecule has 8 rings (SSSR count). The average Bonchev–Trinajstić information content (AvgIpc) is 3.42. The molecule has 0 N–H and O–H groups in total. The Kier molecular flexibility index (Phi) is 16.2. The number of carbonyl (C=O) groups is 6. The molecule has 354 valence electrons. The summed E-state index contributed by atoms with van der Waals surface area (Å²) in [5.74, 6) is -3.08. The van der Waals surface area contributed by atoms with E-state index in [1.165, 1.54) is 12.1 Å². The first-order valence-corrected chi connectivity index (χ1v) is 23.4. The number of rotatable bonds is 24. The van der Waals surface area contributed by atoms with Crippen LogP contribution in [0.4, 0.5) is 0 Å². The van der Waals surface area contributed by atoms with E-state index < -0.39 is 23.9 Å². The molecule has 4 bridgehead atoms. The summed E-state index contributed by atoms with van der Waals surface area (Å²) in [4.78, 5) is 79.0. The SMILES string of the molecule is O=C(C=Cc1ccc(OCCCCCCOc2c3ccc4c2C(=O)OC(=O)c2c(ccc-3c2OCCCCCCOc2ccc(C=CC(=O)c3ccccc3)cc2)C(=O)OC4=O)cc1)c1ccccc1. The minimum absolute atomic E-state index is 0.0161. The molecular weight excluding hydrogens is 889 g/mol. The molecule has 12 nitrogen and oxygen atoms in total. The monoisotopic (exact) mass is 938 g/mol. The standard InChI is InChI=1S/C58H50O12/c59-49(41-15-7-5-8-16-41)33-23-39-19-25-43(26-20-39)65-35-11-1-3-13-37-67-53-45-29-31-47-51(53)57(63)70-58(64)52-48(56(62)69-55(47)61)32-30-46(45)54(52)68-38-14-4-2-12-36-66-44-27-21-40(22-28-44)24-34-50(60)42-17-9-6-10-18-42/h5-10,15-34H,1-4,11-14,35-38H2. The minimum Gasteiger partial charge on any atom is -0.494 e. The molecule has 0 aromatic heterocycles. The van der Waals surface area contributed by atoms with Crippen LogP contribution in [-0.4, -0.2) is 61.9 Å². The maximum atomic E-state index is 13.7. The Morgan fingerprint density at radius 3 is 1.10 bits per heavy atom. The second-order valence-corrected chi connectivity index (χ2v) is 16.6. The molecule has 0 atom stereocenters. The summed E-state index contributed by atoms with van der Waals surface area (Å²) in [6.45, 7) is 1.30. The average molecular weight is 939 g/mol. The fraction of sp³-hybridized carbons (Fsp3) is 0.207. The Labute approximate surface area is 405 Å². The number of allylic oxidation sites excluding steroid dienone is 2. The van der Waals surface area contributed by atoms with Crippen LogP contribution in [0.1, 0.15) is 125 Å². The van der Waals surface area contributed by atoms with E-state index in [0.29, 0.717) is 59.8 Å². The van der Waals surface area contributed by atoms with Crippen molar-refractivity contribution in [3.05, 3.63) is 190 Å². The van der Waals surface area contributed by atoms with E-state index in [1.54, 1.807) is 60.7 Å². The van der Waals surface area contributed by atoms with Gasteiger partial charge >= 0.3 is 23.9 Å². The summed E-state index contributed by atoms with van der Waals surface area (Å²) in [6.07, 6.45) is 12.5. The summed E-state index contributed by atoms with van der Waals surface area (Å²) < 4.78 is 35.0. The molecule has 0 spiro atoms. The van der Waals surface area contributed by atoms with E-state index in [9.17, 15) is 28.8 Å². The zero-order chi connectivity index (χ0) is 48.7. The topological polar surface area (TPSA) is 158 Å². The summed E-state index contributed by atoms with van der Waals surface area (Å²) >= 11 is 0. The van der Waals surface area contributed by atoms with Crippen LogP contribution in [0.5, 0.6) is 23.0 Å². The lowest BCUT2D eigenvalue weighted by Gasteiger charge is -2.18. The number of hydrogen-bond donors (Lipinski definition) is 0. The van der Waals surface area contributed by atoms with Gasteiger partial charge in [-0.3, -0.25) is 9.59 Å². The zero-order valence-corrected chi connectivity index (χ0v) is 38.4. The molecule has 2 aliphatic heterocycles. The maximum absolute atomic E-state index is 13.7. The molecule has 0 amide bonds. The van der Waals surface area contributed by atoms with Crippen LogP contribution >= 0.6 is 0 Å². The van der Waals surface area contributed by atoms with Gasteiger partial charge in [0.15, 0.2) is 11.6 Å². The Morgan fingerprint density at radius 2 is 0.714 bits per heavy atom. The number of ketones is 2. The molecular formula is C58H50O12. The van der Waals surface area contributed by atoms with Crippen molar-refractivity contribution >= 4 is 47.6 Å². The molecule has 6 aromatic rings. The lowest BCUT2D eigenvalue weighted by atomic mass is 9.94. The third-order valence-corrected chi connectivity index (χ3v) is 11.7. The van der Waals surface area contributed by atoms with Gasteiger partial charge in [0.1, 0.15) is 34.1 Å². The van der Waals surface area contributed by atoms with E-state index in [2.05, 4.69) is 0 Å². The smallest absolute Gasteiger partial charge is 0.350 e. The van der Waals surface area contributed by atoms with E-state index in [1.807, 2.05) is 84.9 Å². The largest absolute Gasteiger partial charge is 0.494 e. The van der Waals surface area contributed by atoms with Crippen LogP contribution in [0.3, 0.4) is 0 Å². The highest BCUT2D eigenvalue weighted by molar-refractivity contribution is 6.19. The quantitative estimate of drug-likeness (QED) is 0.0186. The van der Waals surface area contributed by atoms with Crippen molar-refractivity contribution in [1.29, 1.82) is 0 Å². The van der Waals surface area contributed by atoms with Crippen LogP contribution in [-0.2, 0) is 9.47 Å². The van der Waals surface area contributed by atoms with Crippen molar-refractivity contribution < 1.29 is 57.2 Å². The van der Waals surface area contributed by atoms with Crippen molar-refractivity contribution in [2.75, 3.05) is 26.4 Å². The number of cyclic esters (lactones) is 2. The second-order valence-electron chi connectivity index (χ2n) is 16.6. The number of esters is 4. The number of unbranched alkanes of at least 4 members (excludes halogenated alkanes) is 6. The molecule has 0 radical (unpaired) electrons. The predicted molar refractivity (Wildman–Crippen MR) is 263 cm³/mol. The molecule has 6 aromatic carbocycles. The third-order valence-electron chi connectivity index (χ3n) is 11.7. The number of hydrogen-bond acceptors (Lipinski definition) is 12. The molecule has 0 saturated heterocycles. The van der Waals surface area contributed by atoms with E-state index >= 15 is 0 Å². The number of fused-ring (bicyclic) bond motifs is 5. The van der Waals surface area contributed by atoms with Crippen molar-refractivity contribution in [2.45, 2.75) is 51.4 Å². The minimum atomic E-state index is -1.12. The van der Waals surface area contributed by atoms with Crippen LogP contribution < -0.4 is 18.9 Å².